The summed E-state index contributed by atoms with van der Waals surface area (Å²) in [7, 11) is 0. The maximum absolute atomic E-state index is 9.61. The van der Waals surface area contributed by atoms with Gasteiger partial charge in [0.15, 0.2) is 0 Å². The number of rotatable bonds is 4. The summed E-state index contributed by atoms with van der Waals surface area (Å²) in [5, 5.41) is 19.2. The number of aliphatic imine (C=N–C) groups is 2. The first-order valence-electron chi connectivity index (χ1n) is 11.7. The summed E-state index contributed by atoms with van der Waals surface area (Å²) in [6.45, 7) is 0. The number of benzene rings is 4. The van der Waals surface area contributed by atoms with Crippen LogP contribution in [0.15, 0.2) is 119 Å². The Balaban J connectivity index is 0.000000176. The van der Waals surface area contributed by atoms with E-state index in [0.29, 0.717) is 22.8 Å². The predicted molar refractivity (Wildman–Crippen MR) is 150 cm³/mol. The van der Waals surface area contributed by atoms with Crippen LogP contribution in [0.3, 0.4) is 0 Å². The van der Waals surface area contributed by atoms with Crippen molar-refractivity contribution in [3.8, 4) is 11.5 Å². The third-order valence-corrected chi connectivity index (χ3v) is 5.37. The van der Waals surface area contributed by atoms with Gasteiger partial charge in [-0.1, -0.05) is 48.5 Å². The van der Waals surface area contributed by atoms with E-state index < -0.39 is 0 Å². The van der Waals surface area contributed by atoms with E-state index in [-0.39, 0.29) is 28.6 Å². The van der Waals surface area contributed by atoms with Crippen LogP contribution < -0.4 is 0 Å². The second-order valence-corrected chi connectivity index (χ2v) is 8.06. The Labute approximate surface area is 235 Å². The molecule has 0 spiro atoms. The number of hydrogen-bond donors (Lipinski definition) is 2. The summed E-state index contributed by atoms with van der Waals surface area (Å²) in [5.74, 6) is 0.292. The summed E-state index contributed by atoms with van der Waals surface area (Å²) in [4.78, 5) is 25.9. The summed E-state index contributed by atoms with van der Waals surface area (Å²) < 4.78 is 0. The molecule has 39 heavy (non-hydrogen) atoms. The second-order valence-electron chi connectivity index (χ2n) is 8.06. The predicted octanol–water partition coefficient (Wildman–Crippen LogP) is 6.17. The van der Waals surface area contributed by atoms with Crippen molar-refractivity contribution >= 4 is 45.9 Å². The van der Waals surface area contributed by atoms with Crippen LogP contribution in [0.5, 0.6) is 11.5 Å². The first-order chi connectivity index (χ1) is 18.7. The van der Waals surface area contributed by atoms with Gasteiger partial charge < -0.3 is 10.2 Å². The largest absolute Gasteiger partial charge is 0.506 e. The average Bonchev–Trinajstić information content (AvgIpc) is 2.96. The van der Waals surface area contributed by atoms with Crippen LogP contribution in [0.2, 0.25) is 0 Å². The molecule has 195 valence electrons. The summed E-state index contributed by atoms with van der Waals surface area (Å²) in [6.07, 6.45) is 6.50. The molecule has 0 amide bonds. The van der Waals surface area contributed by atoms with E-state index in [4.69, 9.17) is 0 Å². The van der Waals surface area contributed by atoms with Gasteiger partial charge in [0.1, 0.15) is 34.3 Å². The number of phenolic OH excluding ortho intramolecular Hbond substituents is 2. The van der Waals surface area contributed by atoms with E-state index in [0.717, 1.165) is 22.1 Å². The fraction of sp³-hybridized carbons (Fsp3) is 0. The van der Waals surface area contributed by atoms with Crippen molar-refractivity contribution in [3.05, 3.63) is 121 Å². The zero-order valence-electron chi connectivity index (χ0n) is 20.4. The van der Waals surface area contributed by atoms with Gasteiger partial charge in [0.05, 0.1) is 46.9 Å². The van der Waals surface area contributed by atoms with Gasteiger partial charge >= 0.3 is 0 Å². The molecule has 6 aromatic rings. The Morgan fingerprint density at radius 3 is 1.26 bits per heavy atom. The van der Waals surface area contributed by atoms with Crippen molar-refractivity contribution in [3.63, 3.8) is 0 Å². The minimum atomic E-state index is 0. The molecule has 2 N–H and O–H groups in total. The SMILES string of the molecule is Oc1ccccc1N=Cc1cnc2ccccc2n1.Oc1ccccc1N=Cc1cnc2ccccc2n1.[Cu]. The maximum atomic E-state index is 9.61. The van der Waals surface area contributed by atoms with Crippen LogP contribution in [0.1, 0.15) is 11.4 Å². The molecule has 0 saturated heterocycles. The Hall–Kier alpha value is -4.98. The molecule has 0 unspecified atom stereocenters. The van der Waals surface area contributed by atoms with Crippen molar-refractivity contribution in [2.75, 3.05) is 0 Å². The number of nitrogens with zero attached hydrogens (tertiary/aromatic N) is 6. The van der Waals surface area contributed by atoms with Crippen LogP contribution in [-0.4, -0.2) is 42.6 Å². The fourth-order valence-electron chi connectivity index (χ4n) is 3.49. The van der Waals surface area contributed by atoms with E-state index in [1.165, 1.54) is 0 Å². The molecule has 0 aliphatic rings. The Morgan fingerprint density at radius 1 is 0.487 bits per heavy atom. The quantitative estimate of drug-likeness (QED) is 0.196. The van der Waals surface area contributed by atoms with Crippen molar-refractivity contribution < 1.29 is 27.3 Å². The molecule has 1 radical (unpaired) electrons. The zero-order valence-corrected chi connectivity index (χ0v) is 21.4. The van der Waals surface area contributed by atoms with E-state index in [1.807, 2.05) is 60.7 Å². The summed E-state index contributed by atoms with van der Waals surface area (Å²) in [5.41, 5.74) is 5.68. The molecule has 4 aromatic carbocycles. The second kappa shape index (κ2) is 13.0. The van der Waals surface area contributed by atoms with Crippen molar-refractivity contribution in [1.82, 2.24) is 19.9 Å². The molecule has 9 heteroatoms. The Bertz CT molecular complexity index is 1640. The minimum absolute atomic E-state index is 0. The van der Waals surface area contributed by atoms with Gasteiger partial charge in [-0.15, -0.1) is 0 Å². The molecular weight excluding hydrogens is 540 g/mol. The Kier molecular flexibility index (Phi) is 9.03. The number of aromatic nitrogens is 4. The van der Waals surface area contributed by atoms with Crippen molar-refractivity contribution in [1.29, 1.82) is 0 Å². The number of fused-ring (bicyclic) bond motifs is 2. The maximum Gasteiger partial charge on any atom is 0.141 e. The van der Waals surface area contributed by atoms with E-state index >= 15 is 0 Å². The Morgan fingerprint density at radius 2 is 0.846 bits per heavy atom. The van der Waals surface area contributed by atoms with Crippen molar-refractivity contribution in [2.45, 2.75) is 0 Å². The molecule has 0 aliphatic heterocycles. The van der Waals surface area contributed by atoms with Gasteiger partial charge in [0.2, 0.25) is 0 Å². The molecule has 0 fully saturated rings. The smallest absolute Gasteiger partial charge is 0.141 e. The summed E-state index contributed by atoms with van der Waals surface area (Å²) in [6, 6.07) is 29.1. The van der Waals surface area contributed by atoms with E-state index in [9.17, 15) is 10.2 Å². The van der Waals surface area contributed by atoms with E-state index in [2.05, 4.69) is 29.9 Å². The molecule has 6 rings (SSSR count). The van der Waals surface area contributed by atoms with Crippen LogP contribution in [0.25, 0.3) is 22.1 Å². The molecule has 2 aromatic heterocycles. The summed E-state index contributed by atoms with van der Waals surface area (Å²) >= 11 is 0. The molecule has 0 aliphatic carbocycles. The van der Waals surface area contributed by atoms with Crippen LogP contribution in [0, 0.1) is 0 Å². The molecule has 8 nitrogen and oxygen atoms in total. The van der Waals surface area contributed by atoms with Gasteiger partial charge in [-0.05, 0) is 48.5 Å². The third kappa shape index (κ3) is 7.07. The average molecular weight is 562 g/mol. The fourth-order valence-corrected chi connectivity index (χ4v) is 3.49. The molecule has 0 bridgehead atoms. The van der Waals surface area contributed by atoms with E-state index in [1.54, 1.807) is 61.2 Å². The number of phenols is 2. The van der Waals surface area contributed by atoms with Crippen LogP contribution in [-0.2, 0) is 17.1 Å². The first kappa shape index (κ1) is 27.1. The minimum Gasteiger partial charge on any atom is -0.506 e. The molecular formula is C30H22CuN6O2. The van der Waals surface area contributed by atoms with Gasteiger partial charge in [-0.25, -0.2) is 9.97 Å². The van der Waals surface area contributed by atoms with Gasteiger partial charge in [0, 0.05) is 17.1 Å². The third-order valence-electron chi connectivity index (χ3n) is 5.37. The van der Waals surface area contributed by atoms with Gasteiger partial charge in [0.25, 0.3) is 0 Å². The molecule has 0 saturated carbocycles. The number of para-hydroxylation sites is 8. The van der Waals surface area contributed by atoms with Gasteiger partial charge in [-0.2, -0.15) is 0 Å². The van der Waals surface area contributed by atoms with Crippen molar-refractivity contribution in [2.24, 2.45) is 9.98 Å². The van der Waals surface area contributed by atoms with Crippen LogP contribution >= 0.6 is 0 Å². The zero-order chi connectivity index (χ0) is 26.2. The first-order valence-corrected chi connectivity index (χ1v) is 11.7. The number of aromatic hydroxyl groups is 2. The standard InChI is InChI=1S/2C15H11N3O.Cu/c2*19-15-8-4-3-7-14(15)17-10-11-9-16-12-5-1-2-6-13(12)18-11;/h2*1-10,19H;. The molecule has 0 atom stereocenters. The molecule has 2 heterocycles. The van der Waals surface area contributed by atoms with Gasteiger partial charge in [-0.3, -0.25) is 20.0 Å². The topological polar surface area (TPSA) is 117 Å². The normalized spacial score (nSPS) is 10.9. The van der Waals surface area contributed by atoms with Crippen LogP contribution in [0.4, 0.5) is 11.4 Å². The monoisotopic (exact) mass is 561 g/mol. The number of hydrogen-bond acceptors (Lipinski definition) is 8.